The molecule has 0 aliphatic heterocycles. The van der Waals surface area contributed by atoms with Crippen molar-refractivity contribution in [1.29, 1.82) is 0 Å². The maximum absolute atomic E-state index is 11.7. The average molecular weight is 245 g/mol. The van der Waals surface area contributed by atoms with Crippen LogP contribution in [0.5, 0.6) is 0 Å². The van der Waals surface area contributed by atoms with E-state index in [2.05, 4.69) is 5.10 Å². The molecular weight excluding hydrogens is 234 g/mol. The first-order valence-corrected chi connectivity index (χ1v) is 6.35. The van der Waals surface area contributed by atoms with Crippen molar-refractivity contribution in [2.45, 2.75) is 13.5 Å². The number of hydrogen-bond acceptors (Lipinski definition) is 3. The zero-order chi connectivity index (χ0) is 11.8. The van der Waals surface area contributed by atoms with Gasteiger partial charge in [0.2, 0.25) is 0 Å². The SMILES string of the molecule is CCn1ccc(=O)n2nc(-c3ccsc3)cc12. The Bertz CT molecular complexity index is 709. The fourth-order valence-corrected chi connectivity index (χ4v) is 2.51. The molecule has 3 aromatic rings. The molecular formula is C12H11N3OS. The summed E-state index contributed by atoms with van der Waals surface area (Å²) in [6.07, 6.45) is 1.80. The van der Waals surface area contributed by atoms with Gasteiger partial charge in [0.05, 0.1) is 5.69 Å². The van der Waals surface area contributed by atoms with E-state index >= 15 is 0 Å². The Hall–Kier alpha value is -1.88. The summed E-state index contributed by atoms with van der Waals surface area (Å²) in [5, 5.41) is 8.39. The number of rotatable bonds is 2. The van der Waals surface area contributed by atoms with Gasteiger partial charge in [-0.25, -0.2) is 0 Å². The third kappa shape index (κ3) is 1.59. The van der Waals surface area contributed by atoms with Gasteiger partial charge in [0.25, 0.3) is 5.56 Å². The van der Waals surface area contributed by atoms with Crippen molar-refractivity contribution in [1.82, 2.24) is 14.2 Å². The lowest BCUT2D eigenvalue weighted by Crippen LogP contribution is -2.16. The van der Waals surface area contributed by atoms with Crippen LogP contribution in [0.15, 0.2) is 40.0 Å². The average Bonchev–Trinajstić information content (AvgIpc) is 2.98. The van der Waals surface area contributed by atoms with E-state index in [9.17, 15) is 4.79 Å². The Kier molecular flexibility index (Phi) is 2.33. The van der Waals surface area contributed by atoms with Crippen LogP contribution in [-0.2, 0) is 6.54 Å². The molecule has 5 heteroatoms. The predicted molar refractivity (Wildman–Crippen MR) is 68.4 cm³/mol. The summed E-state index contributed by atoms with van der Waals surface area (Å²) >= 11 is 1.62. The Morgan fingerprint density at radius 1 is 1.41 bits per heavy atom. The highest BCUT2D eigenvalue weighted by atomic mass is 32.1. The lowest BCUT2D eigenvalue weighted by Gasteiger charge is -2.02. The van der Waals surface area contributed by atoms with Gasteiger partial charge in [-0.05, 0) is 18.4 Å². The minimum absolute atomic E-state index is 0.0915. The number of thiophene rings is 1. The van der Waals surface area contributed by atoms with Gasteiger partial charge < -0.3 is 4.57 Å². The molecule has 0 aromatic carbocycles. The molecule has 3 rings (SSSR count). The summed E-state index contributed by atoms with van der Waals surface area (Å²) in [6.45, 7) is 2.86. The highest BCUT2D eigenvalue weighted by molar-refractivity contribution is 7.08. The minimum Gasteiger partial charge on any atom is -0.333 e. The molecule has 86 valence electrons. The number of aryl methyl sites for hydroxylation is 1. The summed E-state index contributed by atoms with van der Waals surface area (Å²) < 4.78 is 3.46. The van der Waals surface area contributed by atoms with Crippen molar-refractivity contribution in [2.75, 3.05) is 0 Å². The summed E-state index contributed by atoms with van der Waals surface area (Å²) in [7, 11) is 0. The number of fused-ring (bicyclic) bond motifs is 1. The molecule has 0 saturated carbocycles. The van der Waals surface area contributed by atoms with Crippen molar-refractivity contribution in [3.8, 4) is 11.3 Å². The second kappa shape index (κ2) is 3.85. The lowest BCUT2D eigenvalue weighted by atomic mass is 10.2. The van der Waals surface area contributed by atoms with Crippen LogP contribution < -0.4 is 5.56 Å². The Balaban J connectivity index is 2.32. The van der Waals surface area contributed by atoms with Crippen LogP contribution >= 0.6 is 11.3 Å². The molecule has 0 fully saturated rings. The van der Waals surface area contributed by atoms with Crippen molar-refractivity contribution >= 4 is 17.0 Å². The minimum atomic E-state index is -0.0915. The molecule has 0 amide bonds. The summed E-state index contributed by atoms with van der Waals surface area (Å²) in [5.41, 5.74) is 2.64. The molecule has 0 bridgehead atoms. The fourth-order valence-electron chi connectivity index (χ4n) is 1.86. The lowest BCUT2D eigenvalue weighted by molar-refractivity contribution is 0.739. The molecule has 3 aromatic heterocycles. The molecule has 0 aliphatic rings. The molecule has 4 nitrogen and oxygen atoms in total. The van der Waals surface area contributed by atoms with Crippen molar-refractivity contribution in [3.63, 3.8) is 0 Å². The van der Waals surface area contributed by atoms with Gasteiger partial charge in [-0.15, -0.1) is 0 Å². The fraction of sp³-hybridized carbons (Fsp3) is 0.167. The Morgan fingerprint density at radius 2 is 2.29 bits per heavy atom. The summed E-state index contributed by atoms with van der Waals surface area (Å²) in [6, 6.07) is 5.50. The summed E-state index contributed by atoms with van der Waals surface area (Å²) in [4.78, 5) is 11.7. The number of nitrogens with zero attached hydrogens (tertiary/aromatic N) is 3. The van der Waals surface area contributed by atoms with E-state index in [-0.39, 0.29) is 5.56 Å². The first kappa shape index (κ1) is 10.3. The normalized spacial score (nSPS) is 11.1. The van der Waals surface area contributed by atoms with Crippen LogP contribution in [0.3, 0.4) is 0 Å². The van der Waals surface area contributed by atoms with Gasteiger partial charge in [-0.3, -0.25) is 4.79 Å². The Morgan fingerprint density at radius 3 is 3.00 bits per heavy atom. The van der Waals surface area contributed by atoms with E-state index in [1.165, 1.54) is 4.52 Å². The van der Waals surface area contributed by atoms with E-state index in [1.54, 1.807) is 23.6 Å². The first-order chi connectivity index (χ1) is 8.29. The third-order valence-corrected chi connectivity index (χ3v) is 3.43. The quantitative estimate of drug-likeness (QED) is 0.694. The molecule has 17 heavy (non-hydrogen) atoms. The molecule has 0 unspecified atom stereocenters. The third-order valence-electron chi connectivity index (χ3n) is 2.75. The van der Waals surface area contributed by atoms with E-state index in [4.69, 9.17) is 0 Å². The van der Waals surface area contributed by atoms with Crippen molar-refractivity contribution < 1.29 is 0 Å². The van der Waals surface area contributed by atoms with E-state index in [1.807, 2.05) is 34.4 Å². The summed E-state index contributed by atoms with van der Waals surface area (Å²) in [5.74, 6) is 0. The molecule has 0 N–H and O–H groups in total. The van der Waals surface area contributed by atoms with Crippen molar-refractivity contribution in [3.05, 3.63) is 45.5 Å². The van der Waals surface area contributed by atoms with Crippen molar-refractivity contribution in [2.24, 2.45) is 0 Å². The molecule has 0 radical (unpaired) electrons. The smallest absolute Gasteiger partial charge is 0.274 e. The van der Waals surface area contributed by atoms with Gasteiger partial charge in [-0.1, -0.05) is 0 Å². The standard InChI is InChI=1S/C12H11N3OS/c1-2-14-5-3-12(16)15-11(14)7-10(13-15)9-4-6-17-8-9/h3-8H,2H2,1H3. The monoisotopic (exact) mass is 245 g/mol. The van der Waals surface area contributed by atoms with Crippen LogP contribution in [0, 0.1) is 0 Å². The van der Waals surface area contributed by atoms with Gasteiger partial charge in [0.1, 0.15) is 5.65 Å². The van der Waals surface area contributed by atoms with Crippen LogP contribution in [0.4, 0.5) is 0 Å². The maximum atomic E-state index is 11.7. The molecule has 0 aliphatic carbocycles. The molecule has 3 heterocycles. The number of aromatic nitrogens is 3. The second-order valence-electron chi connectivity index (χ2n) is 3.75. The Labute approximate surface area is 102 Å². The van der Waals surface area contributed by atoms with E-state index in [0.29, 0.717) is 0 Å². The van der Waals surface area contributed by atoms with Crippen LogP contribution in [0.1, 0.15) is 6.92 Å². The second-order valence-corrected chi connectivity index (χ2v) is 4.53. The van der Waals surface area contributed by atoms with Gasteiger partial charge in [0.15, 0.2) is 0 Å². The zero-order valence-corrected chi connectivity index (χ0v) is 10.1. The number of hydrogen-bond donors (Lipinski definition) is 0. The zero-order valence-electron chi connectivity index (χ0n) is 9.33. The highest BCUT2D eigenvalue weighted by Crippen LogP contribution is 2.21. The van der Waals surface area contributed by atoms with Gasteiger partial charge >= 0.3 is 0 Å². The predicted octanol–water partition coefficient (Wildman–Crippen LogP) is 2.24. The van der Waals surface area contributed by atoms with Crippen LogP contribution in [0.2, 0.25) is 0 Å². The maximum Gasteiger partial charge on any atom is 0.274 e. The molecule has 0 spiro atoms. The van der Waals surface area contributed by atoms with Gasteiger partial charge in [0, 0.05) is 35.8 Å². The van der Waals surface area contributed by atoms with Gasteiger partial charge in [-0.2, -0.15) is 21.0 Å². The molecule has 0 saturated heterocycles. The molecule has 0 atom stereocenters. The largest absolute Gasteiger partial charge is 0.333 e. The van der Waals surface area contributed by atoms with E-state index < -0.39 is 0 Å². The topological polar surface area (TPSA) is 39.3 Å². The van der Waals surface area contributed by atoms with Crippen LogP contribution in [-0.4, -0.2) is 14.2 Å². The van der Waals surface area contributed by atoms with E-state index in [0.717, 1.165) is 23.4 Å². The first-order valence-electron chi connectivity index (χ1n) is 5.41. The van der Waals surface area contributed by atoms with Crippen LogP contribution in [0.25, 0.3) is 16.9 Å². The highest BCUT2D eigenvalue weighted by Gasteiger charge is 2.08.